The average Bonchev–Trinajstić information content (AvgIpc) is 2.74. The van der Waals surface area contributed by atoms with E-state index in [0.29, 0.717) is 49.1 Å². The van der Waals surface area contributed by atoms with E-state index in [9.17, 15) is 14.9 Å². The Hall–Kier alpha value is -2.45. The van der Waals surface area contributed by atoms with E-state index in [4.69, 9.17) is 11.6 Å². The van der Waals surface area contributed by atoms with E-state index in [-0.39, 0.29) is 16.5 Å². The molecule has 1 amide bonds. The monoisotopic (exact) mass is 417 g/mol. The summed E-state index contributed by atoms with van der Waals surface area (Å²) in [7, 11) is 0. The molecule has 0 aliphatic carbocycles. The SMILES string of the molecule is O=C(CN1CCN(c2cc3ccc(Cl)nc3cc2[N+](=O)[O-])CC1)N1CCCCC1. The van der Waals surface area contributed by atoms with Crippen LogP contribution < -0.4 is 4.90 Å². The predicted molar refractivity (Wildman–Crippen MR) is 112 cm³/mol. The highest BCUT2D eigenvalue weighted by molar-refractivity contribution is 6.29. The second kappa shape index (κ2) is 8.51. The number of pyridine rings is 1. The van der Waals surface area contributed by atoms with Gasteiger partial charge in [0, 0.05) is 50.7 Å². The molecular formula is C20H24ClN5O3. The highest BCUT2D eigenvalue weighted by atomic mass is 35.5. The highest BCUT2D eigenvalue weighted by Gasteiger charge is 2.27. The van der Waals surface area contributed by atoms with Gasteiger partial charge in [-0.25, -0.2) is 4.98 Å². The standard InChI is InChI=1S/C20H24ClN5O3/c21-19-5-4-15-12-17(18(26(28)29)13-16(15)22-19)24-10-8-23(9-11-24)14-20(27)25-6-2-1-3-7-25/h4-5,12-13H,1-3,6-11,14H2. The fourth-order valence-corrected chi connectivity index (χ4v) is 4.26. The van der Waals surface area contributed by atoms with Gasteiger partial charge in [0.05, 0.1) is 17.0 Å². The van der Waals surface area contributed by atoms with E-state index in [1.165, 1.54) is 12.5 Å². The van der Waals surface area contributed by atoms with Gasteiger partial charge in [-0.15, -0.1) is 0 Å². The quantitative estimate of drug-likeness (QED) is 0.432. The first-order chi connectivity index (χ1) is 14.0. The van der Waals surface area contributed by atoms with Crippen molar-refractivity contribution < 1.29 is 9.72 Å². The number of carbonyl (C=O) groups excluding carboxylic acids is 1. The van der Waals surface area contributed by atoms with Crippen molar-refractivity contribution in [1.82, 2.24) is 14.8 Å². The molecule has 0 radical (unpaired) electrons. The van der Waals surface area contributed by atoms with Crippen molar-refractivity contribution >= 4 is 39.8 Å². The van der Waals surface area contributed by atoms with Crippen LogP contribution in [0.3, 0.4) is 0 Å². The zero-order valence-corrected chi connectivity index (χ0v) is 17.0. The van der Waals surface area contributed by atoms with Gasteiger partial charge in [-0.05, 0) is 37.5 Å². The minimum absolute atomic E-state index is 0.0325. The maximum absolute atomic E-state index is 12.5. The van der Waals surface area contributed by atoms with Crippen molar-refractivity contribution in [3.05, 3.63) is 39.5 Å². The molecule has 2 saturated heterocycles. The smallest absolute Gasteiger partial charge is 0.294 e. The first-order valence-electron chi connectivity index (χ1n) is 10.0. The molecule has 8 nitrogen and oxygen atoms in total. The van der Waals surface area contributed by atoms with E-state index >= 15 is 0 Å². The van der Waals surface area contributed by atoms with Crippen molar-refractivity contribution in [2.24, 2.45) is 0 Å². The lowest BCUT2D eigenvalue weighted by Gasteiger charge is -2.37. The van der Waals surface area contributed by atoms with Gasteiger partial charge in [0.15, 0.2) is 0 Å². The maximum atomic E-state index is 12.5. The number of fused-ring (bicyclic) bond motifs is 1. The molecular weight excluding hydrogens is 394 g/mol. The molecule has 0 spiro atoms. The number of carbonyl (C=O) groups is 1. The Kier molecular flexibility index (Phi) is 5.82. The third-order valence-corrected chi connectivity index (χ3v) is 5.94. The fourth-order valence-electron chi connectivity index (χ4n) is 4.10. The number of amides is 1. The lowest BCUT2D eigenvalue weighted by Crippen LogP contribution is -2.50. The molecule has 2 aliphatic rings. The van der Waals surface area contributed by atoms with Crippen LogP contribution in [-0.2, 0) is 4.79 Å². The van der Waals surface area contributed by atoms with Crippen LogP contribution in [0.1, 0.15) is 19.3 Å². The molecule has 2 aliphatic heterocycles. The van der Waals surface area contributed by atoms with Gasteiger partial charge in [-0.3, -0.25) is 19.8 Å². The van der Waals surface area contributed by atoms with Gasteiger partial charge in [-0.1, -0.05) is 11.6 Å². The van der Waals surface area contributed by atoms with Gasteiger partial charge < -0.3 is 9.80 Å². The summed E-state index contributed by atoms with van der Waals surface area (Å²) in [5.41, 5.74) is 1.14. The van der Waals surface area contributed by atoms with Crippen LogP contribution in [0, 0.1) is 10.1 Å². The Morgan fingerprint density at radius 1 is 1.07 bits per heavy atom. The summed E-state index contributed by atoms with van der Waals surface area (Å²) in [5, 5.41) is 12.8. The van der Waals surface area contributed by atoms with Crippen molar-refractivity contribution in [1.29, 1.82) is 0 Å². The Balaban J connectivity index is 1.45. The molecule has 29 heavy (non-hydrogen) atoms. The molecule has 154 valence electrons. The zero-order chi connectivity index (χ0) is 20.4. The molecule has 0 unspecified atom stereocenters. The summed E-state index contributed by atoms with van der Waals surface area (Å²) in [5.74, 6) is 0.192. The van der Waals surface area contributed by atoms with E-state index in [2.05, 4.69) is 9.88 Å². The third kappa shape index (κ3) is 4.43. The average molecular weight is 418 g/mol. The Morgan fingerprint density at radius 3 is 2.48 bits per heavy atom. The third-order valence-electron chi connectivity index (χ3n) is 5.73. The molecule has 9 heteroatoms. The number of nitro groups is 1. The number of rotatable bonds is 4. The van der Waals surface area contributed by atoms with Crippen molar-refractivity contribution in [2.75, 3.05) is 50.7 Å². The molecule has 1 aromatic carbocycles. The minimum atomic E-state index is -0.371. The second-order valence-corrected chi connectivity index (χ2v) is 8.02. The van der Waals surface area contributed by atoms with E-state index < -0.39 is 0 Å². The highest BCUT2D eigenvalue weighted by Crippen LogP contribution is 2.33. The molecule has 0 saturated carbocycles. The Bertz CT molecular complexity index is 924. The molecule has 0 N–H and O–H groups in total. The first-order valence-corrected chi connectivity index (χ1v) is 10.4. The topological polar surface area (TPSA) is 82.8 Å². The van der Waals surface area contributed by atoms with E-state index in [0.717, 1.165) is 31.3 Å². The molecule has 3 heterocycles. The summed E-state index contributed by atoms with van der Waals surface area (Å²) in [6.07, 6.45) is 3.38. The number of likely N-dealkylation sites (tertiary alicyclic amines) is 1. The van der Waals surface area contributed by atoms with Gasteiger partial charge in [0.25, 0.3) is 5.69 Å². The lowest BCUT2D eigenvalue weighted by molar-refractivity contribution is -0.384. The molecule has 2 aromatic rings. The molecule has 2 fully saturated rings. The fraction of sp³-hybridized carbons (Fsp3) is 0.500. The second-order valence-electron chi connectivity index (χ2n) is 7.63. The molecule has 4 rings (SSSR count). The van der Waals surface area contributed by atoms with Crippen LogP contribution in [0.25, 0.3) is 10.9 Å². The predicted octanol–water partition coefficient (Wildman–Crippen LogP) is 2.93. The summed E-state index contributed by atoms with van der Waals surface area (Å²) in [6.45, 7) is 4.83. The largest absolute Gasteiger partial charge is 0.363 e. The summed E-state index contributed by atoms with van der Waals surface area (Å²) >= 11 is 5.92. The van der Waals surface area contributed by atoms with E-state index in [1.54, 1.807) is 6.07 Å². The van der Waals surface area contributed by atoms with Crippen LogP contribution in [-0.4, -0.2) is 71.4 Å². The number of hydrogen-bond acceptors (Lipinski definition) is 6. The Labute approximate surface area is 174 Å². The summed E-state index contributed by atoms with van der Waals surface area (Å²) < 4.78 is 0. The molecule has 0 bridgehead atoms. The molecule has 0 atom stereocenters. The van der Waals surface area contributed by atoms with Crippen molar-refractivity contribution in [3.8, 4) is 0 Å². The zero-order valence-electron chi connectivity index (χ0n) is 16.2. The number of hydrogen-bond donors (Lipinski definition) is 0. The van der Waals surface area contributed by atoms with Gasteiger partial charge in [0.1, 0.15) is 10.8 Å². The van der Waals surface area contributed by atoms with Gasteiger partial charge in [-0.2, -0.15) is 0 Å². The van der Waals surface area contributed by atoms with Crippen molar-refractivity contribution in [2.45, 2.75) is 19.3 Å². The number of anilines is 1. The number of aromatic nitrogens is 1. The van der Waals surface area contributed by atoms with Gasteiger partial charge >= 0.3 is 0 Å². The lowest BCUT2D eigenvalue weighted by atomic mass is 10.1. The number of halogens is 1. The Morgan fingerprint density at radius 2 is 1.79 bits per heavy atom. The van der Waals surface area contributed by atoms with E-state index in [1.807, 2.05) is 21.9 Å². The van der Waals surface area contributed by atoms with Crippen LogP contribution in [0.2, 0.25) is 5.15 Å². The summed E-state index contributed by atoms with van der Waals surface area (Å²) in [4.78, 5) is 34.1. The number of nitrogens with zero attached hydrogens (tertiary/aromatic N) is 5. The van der Waals surface area contributed by atoms with Crippen LogP contribution >= 0.6 is 11.6 Å². The van der Waals surface area contributed by atoms with Crippen LogP contribution in [0.15, 0.2) is 24.3 Å². The van der Waals surface area contributed by atoms with Crippen molar-refractivity contribution in [3.63, 3.8) is 0 Å². The summed E-state index contributed by atoms with van der Waals surface area (Å²) in [6, 6.07) is 6.81. The molecule has 1 aromatic heterocycles. The first kappa shape index (κ1) is 19.8. The number of nitro benzene ring substituents is 1. The number of piperazine rings is 1. The van der Waals surface area contributed by atoms with Crippen LogP contribution in [0.5, 0.6) is 0 Å². The maximum Gasteiger partial charge on any atom is 0.294 e. The number of benzene rings is 1. The minimum Gasteiger partial charge on any atom is -0.363 e. The van der Waals surface area contributed by atoms with Crippen LogP contribution in [0.4, 0.5) is 11.4 Å². The van der Waals surface area contributed by atoms with Gasteiger partial charge in [0.2, 0.25) is 5.91 Å². The normalized spacial score (nSPS) is 18.2. The number of piperidine rings is 1.